The Morgan fingerprint density at radius 2 is 2.12 bits per heavy atom. The lowest BCUT2D eigenvalue weighted by Crippen LogP contribution is -2.47. The monoisotopic (exact) mass is 378 g/mol. The molecule has 140 valence electrons. The van der Waals surface area contributed by atoms with Crippen LogP contribution in [0.4, 0.5) is 0 Å². The van der Waals surface area contributed by atoms with Crippen LogP contribution in [0.25, 0.3) is 0 Å². The van der Waals surface area contributed by atoms with Gasteiger partial charge >= 0.3 is 0 Å². The summed E-state index contributed by atoms with van der Waals surface area (Å²) in [6.07, 6.45) is 4.44. The molecule has 0 spiro atoms. The van der Waals surface area contributed by atoms with E-state index < -0.39 is 6.04 Å². The fourth-order valence-corrected chi connectivity index (χ4v) is 3.54. The Labute approximate surface area is 158 Å². The van der Waals surface area contributed by atoms with E-state index in [9.17, 15) is 9.59 Å². The lowest BCUT2D eigenvalue weighted by molar-refractivity contribution is -0.137. The Bertz CT molecular complexity index is 707. The molecule has 1 atom stereocenters. The van der Waals surface area contributed by atoms with Gasteiger partial charge in [0.1, 0.15) is 6.04 Å². The van der Waals surface area contributed by atoms with Crippen molar-refractivity contribution in [3.8, 4) is 11.5 Å². The number of rotatable bonds is 4. The summed E-state index contributed by atoms with van der Waals surface area (Å²) in [7, 11) is 0. The van der Waals surface area contributed by atoms with Gasteiger partial charge in [0.15, 0.2) is 11.5 Å². The molecule has 0 bridgehead atoms. The summed E-state index contributed by atoms with van der Waals surface area (Å²) in [6.45, 7) is 5.56. The van der Waals surface area contributed by atoms with E-state index in [-0.39, 0.29) is 18.4 Å². The van der Waals surface area contributed by atoms with Crippen LogP contribution >= 0.6 is 11.6 Å². The van der Waals surface area contributed by atoms with Crippen molar-refractivity contribution in [3.63, 3.8) is 0 Å². The van der Waals surface area contributed by atoms with Gasteiger partial charge in [0.2, 0.25) is 11.8 Å². The van der Waals surface area contributed by atoms with Crippen LogP contribution in [0.15, 0.2) is 24.8 Å². The molecule has 2 amide bonds. The Kier molecular flexibility index (Phi) is 6.04. The number of hydrogen-bond donors (Lipinski definition) is 1. The maximum atomic E-state index is 12.4. The van der Waals surface area contributed by atoms with E-state index >= 15 is 0 Å². The molecule has 26 heavy (non-hydrogen) atoms. The van der Waals surface area contributed by atoms with Gasteiger partial charge in [-0.3, -0.25) is 9.59 Å². The lowest BCUT2D eigenvalue weighted by Gasteiger charge is -2.29. The summed E-state index contributed by atoms with van der Waals surface area (Å²) in [5.41, 5.74) is 0.784. The molecule has 0 saturated carbocycles. The third-order valence-electron chi connectivity index (χ3n) is 4.56. The van der Waals surface area contributed by atoms with Crippen molar-refractivity contribution < 1.29 is 19.1 Å². The zero-order valence-electron chi connectivity index (χ0n) is 14.6. The van der Waals surface area contributed by atoms with E-state index in [0.717, 1.165) is 24.8 Å². The summed E-state index contributed by atoms with van der Waals surface area (Å²) >= 11 is 6.35. The highest BCUT2D eigenvalue weighted by molar-refractivity contribution is 6.32. The number of ether oxygens (including phenoxy) is 2. The lowest BCUT2D eigenvalue weighted by atomic mass is 10.1. The molecule has 1 fully saturated rings. The van der Waals surface area contributed by atoms with E-state index in [1.165, 1.54) is 6.08 Å². The molecule has 1 aromatic carbocycles. The molecule has 2 aliphatic rings. The van der Waals surface area contributed by atoms with Crippen molar-refractivity contribution in [1.82, 2.24) is 10.2 Å². The van der Waals surface area contributed by atoms with Gasteiger partial charge < -0.3 is 19.7 Å². The first-order chi connectivity index (χ1) is 12.6. The van der Waals surface area contributed by atoms with Crippen molar-refractivity contribution in [2.24, 2.45) is 0 Å². The predicted molar refractivity (Wildman–Crippen MR) is 98.5 cm³/mol. The van der Waals surface area contributed by atoms with Gasteiger partial charge in [-0.25, -0.2) is 0 Å². The van der Waals surface area contributed by atoms with Gasteiger partial charge in [-0.2, -0.15) is 0 Å². The molecule has 6 nitrogen and oxygen atoms in total. The highest BCUT2D eigenvalue weighted by Gasteiger charge is 2.30. The second-order valence-electron chi connectivity index (χ2n) is 6.43. The fourth-order valence-electron chi connectivity index (χ4n) is 3.25. The predicted octanol–water partition coefficient (Wildman–Crippen LogP) is 2.68. The highest BCUT2D eigenvalue weighted by Crippen LogP contribution is 2.38. The third kappa shape index (κ3) is 4.12. The number of halogens is 1. The van der Waals surface area contributed by atoms with Gasteiger partial charge in [-0.05, 0) is 43.0 Å². The molecule has 0 radical (unpaired) electrons. The van der Waals surface area contributed by atoms with E-state index in [4.69, 9.17) is 21.1 Å². The van der Waals surface area contributed by atoms with E-state index in [1.54, 1.807) is 11.0 Å². The number of carbonyl (C=O) groups is 2. The molecule has 0 aromatic heterocycles. The van der Waals surface area contributed by atoms with Crippen LogP contribution in [0.1, 0.15) is 31.2 Å². The van der Waals surface area contributed by atoms with Crippen molar-refractivity contribution in [1.29, 1.82) is 0 Å². The Morgan fingerprint density at radius 3 is 2.92 bits per heavy atom. The Hall–Kier alpha value is -2.21. The molecule has 3 rings (SSSR count). The first-order valence-electron chi connectivity index (χ1n) is 8.89. The topological polar surface area (TPSA) is 67.9 Å². The molecular weight excluding hydrogens is 356 g/mol. The van der Waals surface area contributed by atoms with Crippen LogP contribution in [-0.2, 0) is 16.1 Å². The Balaban J connectivity index is 1.88. The summed E-state index contributed by atoms with van der Waals surface area (Å²) in [5.74, 6) is 0.691. The van der Waals surface area contributed by atoms with E-state index in [2.05, 4.69) is 11.9 Å². The molecule has 1 N–H and O–H groups in total. The summed E-state index contributed by atoms with van der Waals surface area (Å²) in [4.78, 5) is 26.4. The van der Waals surface area contributed by atoms with Crippen LogP contribution in [0.5, 0.6) is 11.5 Å². The van der Waals surface area contributed by atoms with Gasteiger partial charge in [0, 0.05) is 19.5 Å². The number of nitrogens with zero attached hydrogens (tertiary/aromatic N) is 1. The van der Waals surface area contributed by atoms with Crippen LogP contribution in [0.3, 0.4) is 0 Å². The minimum atomic E-state index is -0.516. The molecule has 7 heteroatoms. The number of amides is 2. The molecule has 1 aromatic rings. The van der Waals surface area contributed by atoms with Gasteiger partial charge in [0.25, 0.3) is 0 Å². The third-order valence-corrected chi connectivity index (χ3v) is 4.84. The van der Waals surface area contributed by atoms with Crippen LogP contribution in [0, 0.1) is 0 Å². The van der Waals surface area contributed by atoms with Crippen LogP contribution in [-0.4, -0.2) is 42.5 Å². The number of fused-ring (bicyclic) bond motifs is 1. The van der Waals surface area contributed by atoms with Crippen molar-refractivity contribution in [2.75, 3.05) is 19.8 Å². The molecule has 1 unspecified atom stereocenters. The summed E-state index contributed by atoms with van der Waals surface area (Å²) < 4.78 is 11.4. The highest BCUT2D eigenvalue weighted by atomic mass is 35.5. The van der Waals surface area contributed by atoms with Gasteiger partial charge in [-0.15, -0.1) is 0 Å². The number of hydrogen-bond acceptors (Lipinski definition) is 4. The van der Waals surface area contributed by atoms with E-state index in [1.807, 2.05) is 6.07 Å². The van der Waals surface area contributed by atoms with Crippen molar-refractivity contribution in [2.45, 2.75) is 38.3 Å². The molecule has 0 aliphatic carbocycles. The molecule has 2 aliphatic heterocycles. The van der Waals surface area contributed by atoms with Crippen LogP contribution in [0.2, 0.25) is 5.02 Å². The summed E-state index contributed by atoms with van der Waals surface area (Å²) in [6, 6.07) is 3.06. The first-order valence-corrected chi connectivity index (χ1v) is 9.26. The van der Waals surface area contributed by atoms with Crippen molar-refractivity contribution >= 4 is 23.4 Å². The average molecular weight is 379 g/mol. The molecule has 2 heterocycles. The van der Waals surface area contributed by atoms with Gasteiger partial charge in [-0.1, -0.05) is 18.2 Å². The average Bonchev–Trinajstić information content (AvgIpc) is 2.99. The quantitative estimate of drug-likeness (QED) is 0.818. The van der Waals surface area contributed by atoms with Gasteiger partial charge in [0.05, 0.1) is 18.2 Å². The number of benzene rings is 1. The largest absolute Gasteiger partial charge is 0.489 e. The SMILES string of the molecule is C=CC(=O)N(Cc1cc(Cl)c2c(c1)OCCCO2)C1CCCCNC1=O. The number of nitrogens with one attached hydrogen (secondary N) is 1. The zero-order valence-corrected chi connectivity index (χ0v) is 15.4. The molecule has 1 saturated heterocycles. The van der Waals surface area contributed by atoms with Crippen LogP contribution < -0.4 is 14.8 Å². The first kappa shape index (κ1) is 18.6. The normalized spacial score (nSPS) is 19.7. The molecular formula is C19H23ClN2O4. The minimum absolute atomic E-state index is 0.127. The standard InChI is InChI=1S/C19H23ClN2O4/c1-2-17(23)22(15-6-3-4-7-21-19(15)24)12-13-10-14(20)18-16(11-13)25-8-5-9-26-18/h2,10-11,15H,1,3-9,12H2,(H,21,24). The van der Waals surface area contributed by atoms with E-state index in [0.29, 0.717) is 42.7 Å². The minimum Gasteiger partial charge on any atom is -0.489 e. The second kappa shape index (κ2) is 8.45. The Morgan fingerprint density at radius 1 is 1.31 bits per heavy atom. The summed E-state index contributed by atoms with van der Waals surface area (Å²) in [5, 5.41) is 3.31. The second-order valence-corrected chi connectivity index (χ2v) is 6.84. The fraction of sp³-hybridized carbons (Fsp3) is 0.474. The smallest absolute Gasteiger partial charge is 0.246 e. The number of carbonyl (C=O) groups excluding carboxylic acids is 2. The maximum Gasteiger partial charge on any atom is 0.246 e. The maximum absolute atomic E-state index is 12.4. The zero-order chi connectivity index (χ0) is 18.5. The van der Waals surface area contributed by atoms with Crippen molar-refractivity contribution in [3.05, 3.63) is 35.4 Å².